The van der Waals surface area contributed by atoms with Crippen molar-refractivity contribution in [2.45, 2.75) is 44.8 Å². The van der Waals surface area contributed by atoms with Crippen LogP contribution < -0.4 is 0 Å². The SMILES string of the molecule is CC(C)(C)OC(=O)N1CC[C@@H]2C[C@H]3COC[C@@]231. The molecule has 0 aromatic rings. The molecule has 0 aromatic carbocycles. The summed E-state index contributed by atoms with van der Waals surface area (Å²) in [6.45, 7) is 8.11. The van der Waals surface area contributed by atoms with E-state index in [2.05, 4.69) is 0 Å². The van der Waals surface area contributed by atoms with Crippen molar-refractivity contribution >= 4 is 6.09 Å². The zero-order valence-electron chi connectivity index (χ0n) is 10.9. The third-order valence-electron chi connectivity index (χ3n) is 4.45. The number of carbonyl (C=O) groups is 1. The number of hydrogen-bond donors (Lipinski definition) is 0. The van der Waals surface area contributed by atoms with Gasteiger partial charge in [0, 0.05) is 12.5 Å². The van der Waals surface area contributed by atoms with E-state index in [4.69, 9.17) is 9.47 Å². The Hall–Kier alpha value is -0.770. The van der Waals surface area contributed by atoms with Gasteiger partial charge in [-0.05, 0) is 39.5 Å². The molecular weight excluding hydrogens is 218 g/mol. The third kappa shape index (κ3) is 1.49. The van der Waals surface area contributed by atoms with E-state index in [-0.39, 0.29) is 11.6 Å². The van der Waals surface area contributed by atoms with Gasteiger partial charge < -0.3 is 9.47 Å². The minimum Gasteiger partial charge on any atom is -0.444 e. The van der Waals surface area contributed by atoms with Crippen molar-refractivity contribution in [1.29, 1.82) is 0 Å². The van der Waals surface area contributed by atoms with E-state index >= 15 is 0 Å². The smallest absolute Gasteiger partial charge is 0.410 e. The molecule has 2 saturated heterocycles. The summed E-state index contributed by atoms with van der Waals surface area (Å²) in [4.78, 5) is 14.2. The second kappa shape index (κ2) is 3.37. The highest BCUT2D eigenvalue weighted by molar-refractivity contribution is 5.70. The predicted molar refractivity (Wildman–Crippen MR) is 62.7 cm³/mol. The number of hydrogen-bond acceptors (Lipinski definition) is 3. The van der Waals surface area contributed by atoms with Crippen molar-refractivity contribution in [3.63, 3.8) is 0 Å². The molecule has 2 heterocycles. The lowest BCUT2D eigenvalue weighted by Crippen LogP contribution is -2.63. The van der Waals surface area contributed by atoms with Gasteiger partial charge in [-0.15, -0.1) is 0 Å². The zero-order chi connectivity index (χ0) is 12.3. The molecule has 1 saturated carbocycles. The van der Waals surface area contributed by atoms with Crippen LogP contribution in [-0.2, 0) is 9.47 Å². The van der Waals surface area contributed by atoms with Gasteiger partial charge in [0.15, 0.2) is 0 Å². The second-order valence-corrected chi connectivity index (χ2v) is 6.56. The lowest BCUT2D eigenvalue weighted by Gasteiger charge is -2.50. The Balaban J connectivity index is 1.78. The van der Waals surface area contributed by atoms with E-state index in [0.29, 0.717) is 18.4 Å². The van der Waals surface area contributed by atoms with E-state index in [1.807, 2.05) is 25.7 Å². The summed E-state index contributed by atoms with van der Waals surface area (Å²) in [6, 6.07) is 0. The lowest BCUT2D eigenvalue weighted by molar-refractivity contribution is -0.0397. The maximum Gasteiger partial charge on any atom is 0.410 e. The van der Waals surface area contributed by atoms with Crippen LogP contribution >= 0.6 is 0 Å². The molecular formula is C13H21NO3. The number of likely N-dealkylation sites (tertiary alicyclic amines) is 1. The summed E-state index contributed by atoms with van der Waals surface area (Å²) in [5.74, 6) is 1.19. The number of amides is 1. The van der Waals surface area contributed by atoms with Crippen LogP contribution in [0.3, 0.4) is 0 Å². The fraction of sp³-hybridized carbons (Fsp3) is 0.923. The quantitative estimate of drug-likeness (QED) is 0.649. The van der Waals surface area contributed by atoms with Crippen molar-refractivity contribution < 1.29 is 14.3 Å². The summed E-state index contributed by atoms with van der Waals surface area (Å²) in [6.07, 6.45) is 2.17. The molecule has 0 unspecified atom stereocenters. The molecule has 3 fully saturated rings. The molecule has 0 aromatic heterocycles. The first kappa shape index (κ1) is 11.3. The summed E-state index contributed by atoms with van der Waals surface area (Å²) < 4.78 is 11.1. The fourth-order valence-corrected chi connectivity index (χ4v) is 3.70. The summed E-state index contributed by atoms with van der Waals surface area (Å²) in [5, 5.41) is 0. The molecule has 1 amide bonds. The highest BCUT2D eigenvalue weighted by atomic mass is 16.6. The third-order valence-corrected chi connectivity index (χ3v) is 4.45. The van der Waals surface area contributed by atoms with Gasteiger partial charge in [0.2, 0.25) is 0 Å². The van der Waals surface area contributed by atoms with Crippen molar-refractivity contribution in [2.24, 2.45) is 11.8 Å². The largest absolute Gasteiger partial charge is 0.444 e. The van der Waals surface area contributed by atoms with Gasteiger partial charge in [0.05, 0.1) is 18.8 Å². The van der Waals surface area contributed by atoms with Crippen LogP contribution in [0.25, 0.3) is 0 Å². The molecule has 17 heavy (non-hydrogen) atoms. The van der Waals surface area contributed by atoms with Gasteiger partial charge in [-0.2, -0.15) is 0 Å². The number of nitrogens with zero attached hydrogens (tertiary/aromatic N) is 1. The van der Waals surface area contributed by atoms with Crippen molar-refractivity contribution in [1.82, 2.24) is 4.90 Å². The van der Waals surface area contributed by atoms with Crippen LogP contribution in [0, 0.1) is 11.8 Å². The number of ether oxygens (including phenoxy) is 2. The van der Waals surface area contributed by atoms with Gasteiger partial charge in [0.25, 0.3) is 0 Å². The molecule has 3 rings (SSSR count). The van der Waals surface area contributed by atoms with Crippen molar-refractivity contribution in [3.05, 3.63) is 0 Å². The minimum absolute atomic E-state index is 0.0116. The lowest BCUT2D eigenvalue weighted by atomic mass is 9.61. The van der Waals surface area contributed by atoms with Gasteiger partial charge in [-0.1, -0.05) is 0 Å². The first-order valence-corrected chi connectivity index (χ1v) is 6.52. The fourth-order valence-electron chi connectivity index (χ4n) is 3.70. The van der Waals surface area contributed by atoms with Gasteiger partial charge in [0.1, 0.15) is 5.60 Å². The Morgan fingerprint density at radius 3 is 2.82 bits per heavy atom. The Labute approximate surface area is 102 Å². The van der Waals surface area contributed by atoms with Gasteiger partial charge in [-0.3, -0.25) is 4.90 Å². The Morgan fingerprint density at radius 1 is 1.41 bits per heavy atom. The molecule has 3 atom stereocenters. The highest BCUT2D eigenvalue weighted by Gasteiger charge is 2.66. The van der Waals surface area contributed by atoms with Crippen LogP contribution in [0.1, 0.15) is 33.6 Å². The molecule has 4 nitrogen and oxygen atoms in total. The van der Waals surface area contributed by atoms with Crippen LogP contribution in [-0.4, -0.2) is 41.9 Å². The molecule has 96 valence electrons. The summed E-state index contributed by atoms with van der Waals surface area (Å²) in [7, 11) is 0. The molecule has 3 aliphatic rings. The average Bonchev–Trinajstić information content (AvgIpc) is 2.65. The molecule has 0 radical (unpaired) electrons. The molecule has 1 spiro atoms. The average molecular weight is 239 g/mol. The van der Waals surface area contributed by atoms with E-state index in [0.717, 1.165) is 19.6 Å². The van der Waals surface area contributed by atoms with Crippen LogP contribution in [0.15, 0.2) is 0 Å². The molecule has 1 aliphatic carbocycles. The Morgan fingerprint density at radius 2 is 2.18 bits per heavy atom. The maximum atomic E-state index is 12.2. The first-order chi connectivity index (χ1) is 7.93. The van der Waals surface area contributed by atoms with E-state index in [1.165, 1.54) is 6.42 Å². The van der Waals surface area contributed by atoms with Gasteiger partial charge >= 0.3 is 6.09 Å². The predicted octanol–water partition coefficient (Wildman–Crippen LogP) is 2.03. The first-order valence-electron chi connectivity index (χ1n) is 6.52. The van der Waals surface area contributed by atoms with Crippen LogP contribution in [0.4, 0.5) is 4.79 Å². The molecule has 4 heteroatoms. The normalized spacial score (nSPS) is 39.6. The topological polar surface area (TPSA) is 38.8 Å². The van der Waals surface area contributed by atoms with Crippen LogP contribution in [0.2, 0.25) is 0 Å². The molecule has 2 aliphatic heterocycles. The monoisotopic (exact) mass is 239 g/mol. The Kier molecular flexibility index (Phi) is 2.25. The van der Waals surface area contributed by atoms with Gasteiger partial charge in [-0.25, -0.2) is 4.79 Å². The standard InChI is InChI=1S/C13H21NO3/c1-12(2,3)17-11(15)14-5-4-9-6-10-7-16-8-13(9,10)14/h9-10H,4-8H2,1-3H3/t9-,10+,13-/m1/s1. The minimum atomic E-state index is -0.412. The maximum absolute atomic E-state index is 12.2. The Bertz CT molecular complexity index is 343. The molecule has 0 bridgehead atoms. The van der Waals surface area contributed by atoms with E-state index in [1.54, 1.807) is 0 Å². The molecule has 0 N–H and O–H groups in total. The number of rotatable bonds is 0. The van der Waals surface area contributed by atoms with Crippen molar-refractivity contribution in [3.8, 4) is 0 Å². The number of carbonyl (C=O) groups excluding carboxylic acids is 1. The summed E-state index contributed by atoms with van der Waals surface area (Å²) in [5.41, 5.74) is -0.424. The van der Waals surface area contributed by atoms with E-state index < -0.39 is 5.60 Å². The second-order valence-electron chi connectivity index (χ2n) is 6.56. The van der Waals surface area contributed by atoms with Crippen molar-refractivity contribution in [2.75, 3.05) is 19.8 Å². The highest BCUT2D eigenvalue weighted by Crippen LogP contribution is 2.57. The zero-order valence-corrected chi connectivity index (χ0v) is 10.9. The van der Waals surface area contributed by atoms with Crippen LogP contribution in [0.5, 0.6) is 0 Å². The van der Waals surface area contributed by atoms with E-state index in [9.17, 15) is 4.79 Å². The summed E-state index contributed by atoms with van der Waals surface area (Å²) >= 11 is 0.